The fourth-order valence-electron chi connectivity index (χ4n) is 4.07. The molecule has 150 valence electrons. The van der Waals surface area contributed by atoms with Crippen molar-refractivity contribution in [3.8, 4) is 5.69 Å². The number of hydrogen-bond donors (Lipinski definition) is 1. The van der Waals surface area contributed by atoms with Crippen LogP contribution in [0.15, 0.2) is 60.8 Å². The molecule has 1 aromatic heterocycles. The molecule has 1 saturated heterocycles. The van der Waals surface area contributed by atoms with Gasteiger partial charge in [-0.3, -0.25) is 9.36 Å². The van der Waals surface area contributed by atoms with E-state index >= 15 is 0 Å². The Kier molecular flexibility index (Phi) is 5.95. The molecular formula is C24H27N3OS. The number of rotatable bonds is 5. The van der Waals surface area contributed by atoms with E-state index in [1.54, 1.807) is 6.20 Å². The van der Waals surface area contributed by atoms with Crippen LogP contribution in [0.3, 0.4) is 0 Å². The van der Waals surface area contributed by atoms with Gasteiger partial charge in [0, 0.05) is 25.0 Å². The number of aryl methyl sites for hydroxylation is 2. The predicted octanol–water partition coefficient (Wildman–Crippen LogP) is 5.33. The number of aromatic amines is 1. The molecule has 0 radical (unpaired) electrons. The van der Waals surface area contributed by atoms with Gasteiger partial charge in [-0.15, -0.1) is 0 Å². The van der Waals surface area contributed by atoms with Gasteiger partial charge in [-0.2, -0.15) is 0 Å². The number of nitrogens with zero attached hydrogens (tertiary/aromatic N) is 2. The van der Waals surface area contributed by atoms with E-state index in [0.717, 1.165) is 38.0 Å². The maximum atomic E-state index is 13.2. The van der Waals surface area contributed by atoms with Crippen LogP contribution in [0.25, 0.3) is 5.69 Å². The summed E-state index contributed by atoms with van der Waals surface area (Å²) in [4.78, 5) is 18.2. The maximum absolute atomic E-state index is 13.2. The summed E-state index contributed by atoms with van der Waals surface area (Å²) in [7, 11) is 0. The summed E-state index contributed by atoms with van der Waals surface area (Å²) in [6, 6.07) is 18.6. The second-order valence-corrected chi connectivity index (χ2v) is 8.30. The number of amides is 1. The van der Waals surface area contributed by atoms with E-state index in [0.29, 0.717) is 16.4 Å². The molecule has 29 heavy (non-hydrogen) atoms. The minimum absolute atomic E-state index is 0.0539. The van der Waals surface area contributed by atoms with Crippen molar-refractivity contribution in [2.45, 2.75) is 32.6 Å². The van der Waals surface area contributed by atoms with Crippen molar-refractivity contribution in [3.05, 3.63) is 82.4 Å². The van der Waals surface area contributed by atoms with Crippen LogP contribution in [-0.4, -0.2) is 33.4 Å². The summed E-state index contributed by atoms with van der Waals surface area (Å²) in [5.41, 5.74) is 4.23. The van der Waals surface area contributed by atoms with Crippen molar-refractivity contribution < 1.29 is 4.79 Å². The van der Waals surface area contributed by atoms with Crippen molar-refractivity contribution in [3.63, 3.8) is 0 Å². The fraction of sp³-hybridized carbons (Fsp3) is 0.333. The highest BCUT2D eigenvalue weighted by Gasteiger charge is 2.26. The molecule has 1 fully saturated rings. The Hall–Kier alpha value is -2.66. The Bertz CT molecular complexity index is 1010. The topological polar surface area (TPSA) is 41.0 Å². The maximum Gasteiger partial charge on any atom is 0.272 e. The summed E-state index contributed by atoms with van der Waals surface area (Å²) in [6.07, 6.45) is 6.17. The molecule has 4 nitrogen and oxygen atoms in total. The normalized spacial score (nSPS) is 14.9. The van der Waals surface area contributed by atoms with Crippen molar-refractivity contribution >= 4 is 18.1 Å². The first-order chi connectivity index (χ1) is 14.1. The average Bonchev–Trinajstić information content (AvgIpc) is 3.15. The number of H-pyrrole nitrogens is 1. The number of carbonyl (C=O) groups is 1. The lowest BCUT2D eigenvalue weighted by molar-refractivity contribution is 0.0678. The predicted molar refractivity (Wildman–Crippen MR) is 119 cm³/mol. The molecule has 0 atom stereocenters. The van der Waals surface area contributed by atoms with E-state index in [2.05, 4.69) is 36.2 Å². The van der Waals surface area contributed by atoms with Gasteiger partial charge in [0.1, 0.15) is 5.69 Å². The zero-order chi connectivity index (χ0) is 20.2. The third-order valence-electron chi connectivity index (χ3n) is 5.87. The first-order valence-corrected chi connectivity index (χ1v) is 10.7. The molecule has 0 spiro atoms. The molecule has 0 unspecified atom stereocenters. The molecule has 2 aromatic carbocycles. The van der Waals surface area contributed by atoms with Gasteiger partial charge >= 0.3 is 0 Å². The van der Waals surface area contributed by atoms with Gasteiger partial charge in [-0.1, -0.05) is 48.0 Å². The minimum atomic E-state index is 0.0539. The molecule has 2 heterocycles. The van der Waals surface area contributed by atoms with Crippen molar-refractivity contribution in [1.82, 2.24) is 14.5 Å². The third kappa shape index (κ3) is 4.51. The van der Waals surface area contributed by atoms with Gasteiger partial charge in [-0.05, 0) is 68.4 Å². The fourth-order valence-corrected chi connectivity index (χ4v) is 4.33. The number of carbonyl (C=O) groups excluding carboxylic acids is 1. The van der Waals surface area contributed by atoms with Crippen molar-refractivity contribution in [1.29, 1.82) is 0 Å². The van der Waals surface area contributed by atoms with Crippen LogP contribution in [0, 0.1) is 17.6 Å². The van der Waals surface area contributed by atoms with Crippen LogP contribution in [0.1, 0.15) is 40.9 Å². The van der Waals surface area contributed by atoms with E-state index in [1.165, 1.54) is 17.5 Å². The molecular weight excluding hydrogens is 378 g/mol. The highest BCUT2D eigenvalue weighted by atomic mass is 32.1. The van der Waals surface area contributed by atoms with E-state index < -0.39 is 0 Å². The zero-order valence-electron chi connectivity index (χ0n) is 16.8. The smallest absolute Gasteiger partial charge is 0.272 e. The number of hydrogen-bond acceptors (Lipinski definition) is 2. The second-order valence-electron chi connectivity index (χ2n) is 7.91. The van der Waals surface area contributed by atoms with Gasteiger partial charge in [0.05, 0.1) is 0 Å². The van der Waals surface area contributed by atoms with Crippen molar-refractivity contribution in [2.75, 3.05) is 13.1 Å². The zero-order valence-corrected chi connectivity index (χ0v) is 17.6. The Labute approximate surface area is 177 Å². The SMILES string of the molecule is Cc1ccc(CCC2CCN(C(=O)c3c[nH]c(=S)n3-c3ccccc3)CC2)cc1. The minimum Gasteiger partial charge on any atom is -0.337 e. The summed E-state index contributed by atoms with van der Waals surface area (Å²) >= 11 is 5.42. The van der Waals surface area contributed by atoms with E-state index in [9.17, 15) is 4.79 Å². The number of aromatic nitrogens is 2. The van der Waals surface area contributed by atoms with E-state index in [-0.39, 0.29) is 5.91 Å². The molecule has 5 heteroatoms. The second kappa shape index (κ2) is 8.78. The summed E-state index contributed by atoms with van der Waals surface area (Å²) in [5, 5.41) is 0. The lowest BCUT2D eigenvalue weighted by Crippen LogP contribution is -2.39. The Morgan fingerprint density at radius 1 is 1.07 bits per heavy atom. The molecule has 0 aliphatic carbocycles. The molecule has 1 aliphatic rings. The summed E-state index contributed by atoms with van der Waals surface area (Å²) in [6.45, 7) is 3.74. The Morgan fingerprint density at radius 3 is 2.45 bits per heavy atom. The molecule has 4 rings (SSSR count). The largest absolute Gasteiger partial charge is 0.337 e. The standard InChI is InChI=1S/C24H27N3OS/c1-18-7-9-19(10-8-18)11-12-20-13-15-26(16-14-20)23(28)22-17-25-24(29)27(22)21-5-3-2-4-6-21/h2-10,17,20H,11-16H2,1H3,(H,25,29). The van der Waals surface area contributed by atoms with Gasteiger partial charge in [-0.25, -0.2) is 0 Å². The van der Waals surface area contributed by atoms with Crippen molar-refractivity contribution in [2.24, 2.45) is 5.92 Å². The van der Waals surface area contributed by atoms with Gasteiger partial charge in [0.15, 0.2) is 4.77 Å². The summed E-state index contributed by atoms with van der Waals surface area (Å²) < 4.78 is 2.38. The Morgan fingerprint density at radius 2 is 1.76 bits per heavy atom. The molecule has 0 bridgehead atoms. The molecule has 1 N–H and O–H groups in total. The van der Waals surface area contributed by atoms with Crippen LogP contribution >= 0.6 is 12.2 Å². The van der Waals surface area contributed by atoms with E-state index in [4.69, 9.17) is 12.2 Å². The number of benzene rings is 2. The van der Waals surface area contributed by atoms with Crippen LogP contribution in [0.2, 0.25) is 0 Å². The van der Waals surface area contributed by atoms with Gasteiger partial charge in [0.2, 0.25) is 0 Å². The number of para-hydroxylation sites is 1. The highest BCUT2D eigenvalue weighted by molar-refractivity contribution is 7.71. The number of piperidine rings is 1. The number of imidazole rings is 1. The molecule has 1 amide bonds. The molecule has 1 aliphatic heterocycles. The number of nitrogens with one attached hydrogen (secondary N) is 1. The molecule has 3 aromatic rings. The monoisotopic (exact) mass is 405 g/mol. The first kappa shape index (κ1) is 19.6. The quantitative estimate of drug-likeness (QED) is 0.583. The van der Waals surface area contributed by atoms with Gasteiger partial charge < -0.3 is 9.88 Å². The van der Waals surface area contributed by atoms with Crippen LogP contribution in [-0.2, 0) is 6.42 Å². The highest BCUT2D eigenvalue weighted by Crippen LogP contribution is 2.24. The summed E-state index contributed by atoms with van der Waals surface area (Å²) in [5.74, 6) is 0.737. The Balaban J connectivity index is 1.37. The number of likely N-dealkylation sites (tertiary alicyclic amines) is 1. The van der Waals surface area contributed by atoms with Crippen LogP contribution in [0.5, 0.6) is 0 Å². The van der Waals surface area contributed by atoms with Crippen LogP contribution < -0.4 is 0 Å². The van der Waals surface area contributed by atoms with Gasteiger partial charge in [0.25, 0.3) is 5.91 Å². The lowest BCUT2D eigenvalue weighted by Gasteiger charge is -2.32. The first-order valence-electron chi connectivity index (χ1n) is 10.3. The average molecular weight is 406 g/mol. The van der Waals surface area contributed by atoms with E-state index in [1.807, 2.05) is 39.8 Å². The third-order valence-corrected chi connectivity index (χ3v) is 6.17. The van der Waals surface area contributed by atoms with Crippen LogP contribution in [0.4, 0.5) is 0 Å². The lowest BCUT2D eigenvalue weighted by atomic mass is 9.90. The molecule has 0 saturated carbocycles.